The SMILES string of the molecule is CCOC(=O)CNC(=O)N1CC(N2CCC3(CC2)OCCO3)C1. The highest BCUT2D eigenvalue weighted by Gasteiger charge is 2.43. The van der Waals surface area contributed by atoms with E-state index in [4.69, 9.17) is 14.2 Å². The zero-order valence-corrected chi connectivity index (χ0v) is 13.6. The fraction of sp³-hybridized carbons (Fsp3) is 0.867. The summed E-state index contributed by atoms with van der Waals surface area (Å²) in [4.78, 5) is 27.3. The first-order valence-corrected chi connectivity index (χ1v) is 8.32. The van der Waals surface area contributed by atoms with E-state index in [9.17, 15) is 9.59 Å². The molecule has 0 aromatic heterocycles. The molecule has 3 aliphatic heterocycles. The maximum atomic E-state index is 11.9. The van der Waals surface area contributed by atoms with Crippen LogP contribution in [0, 0.1) is 0 Å². The Balaban J connectivity index is 1.35. The number of urea groups is 1. The summed E-state index contributed by atoms with van der Waals surface area (Å²) in [6.45, 7) is 6.64. The van der Waals surface area contributed by atoms with Gasteiger partial charge in [-0.3, -0.25) is 9.69 Å². The molecule has 0 unspecified atom stereocenters. The maximum Gasteiger partial charge on any atom is 0.325 e. The van der Waals surface area contributed by atoms with E-state index in [1.807, 2.05) is 0 Å². The van der Waals surface area contributed by atoms with Crippen LogP contribution < -0.4 is 5.32 Å². The summed E-state index contributed by atoms with van der Waals surface area (Å²) in [6.07, 6.45) is 1.77. The van der Waals surface area contributed by atoms with E-state index in [2.05, 4.69) is 10.2 Å². The second kappa shape index (κ2) is 7.02. The summed E-state index contributed by atoms with van der Waals surface area (Å²) < 4.78 is 16.2. The second-order valence-electron chi connectivity index (χ2n) is 6.17. The van der Waals surface area contributed by atoms with Crippen molar-refractivity contribution in [3.8, 4) is 0 Å². The first kappa shape index (κ1) is 16.5. The number of hydrogen-bond acceptors (Lipinski definition) is 6. The van der Waals surface area contributed by atoms with Crippen LogP contribution in [0.2, 0.25) is 0 Å². The highest BCUT2D eigenvalue weighted by molar-refractivity contribution is 5.81. The van der Waals surface area contributed by atoms with E-state index in [1.165, 1.54) is 0 Å². The number of nitrogens with one attached hydrogen (secondary N) is 1. The van der Waals surface area contributed by atoms with Crippen LogP contribution in [0.5, 0.6) is 0 Å². The quantitative estimate of drug-likeness (QED) is 0.719. The van der Waals surface area contributed by atoms with Crippen molar-refractivity contribution in [2.45, 2.75) is 31.6 Å². The third kappa shape index (κ3) is 3.76. The summed E-state index contributed by atoms with van der Waals surface area (Å²) >= 11 is 0. The Morgan fingerprint density at radius 1 is 1.22 bits per heavy atom. The van der Waals surface area contributed by atoms with Crippen molar-refractivity contribution in [1.82, 2.24) is 15.1 Å². The molecule has 0 bridgehead atoms. The van der Waals surface area contributed by atoms with Crippen molar-refractivity contribution in [2.75, 3.05) is 52.5 Å². The topological polar surface area (TPSA) is 80.3 Å². The number of esters is 1. The molecule has 0 aliphatic carbocycles. The minimum absolute atomic E-state index is 0.0747. The van der Waals surface area contributed by atoms with Crippen LogP contribution in [0.3, 0.4) is 0 Å². The molecule has 3 saturated heterocycles. The van der Waals surface area contributed by atoms with Crippen LogP contribution in [0.4, 0.5) is 4.79 Å². The Hall–Kier alpha value is -1.38. The van der Waals surface area contributed by atoms with Gasteiger partial charge in [0.15, 0.2) is 5.79 Å². The fourth-order valence-electron chi connectivity index (χ4n) is 3.34. The molecule has 23 heavy (non-hydrogen) atoms. The van der Waals surface area contributed by atoms with Gasteiger partial charge in [-0.25, -0.2) is 4.79 Å². The zero-order chi connectivity index (χ0) is 16.3. The molecular weight excluding hydrogens is 302 g/mol. The van der Waals surface area contributed by atoms with E-state index in [-0.39, 0.29) is 18.4 Å². The predicted molar refractivity (Wildman–Crippen MR) is 80.8 cm³/mol. The first-order chi connectivity index (χ1) is 11.1. The van der Waals surface area contributed by atoms with Gasteiger partial charge >= 0.3 is 12.0 Å². The summed E-state index contributed by atoms with van der Waals surface area (Å²) in [6, 6.07) is 0.187. The van der Waals surface area contributed by atoms with Gasteiger partial charge in [0.05, 0.1) is 19.8 Å². The predicted octanol–water partition coefficient (Wildman–Crippen LogP) is -0.218. The highest BCUT2D eigenvalue weighted by Crippen LogP contribution is 2.32. The largest absolute Gasteiger partial charge is 0.465 e. The van der Waals surface area contributed by atoms with Crippen LogP contribution in [-0.4, -0.2) is 86.2 Å². The summed E-state index contributed by atoms with van der Waals surface area (Å²) in [5.74, 6) is -0.757. The Morgan fingerprint density at radius 3 is 2.48 bits per heavy atom. The molecule has 3 rings (SSSR count). The van der Waals surface area contributed by atoms with E-state index in [1.54, 1.807) is 11.8 Å². The van der Waals surface area contributed by atoms with Crippen LogP contribution in [0.25, 0.3) is 0 Å². The van der Waals surface area contributed by atoms with Crippen molar-refractivity contribution in [3.05, 3.63) is 0 Å². The normalized spacial score (nSPS) is 24.5. The smallest absolute Gasteiger partial charge is 0.325 e. The number of amides is 2. The molecule has 0 radical (unpaired) electrons. The van der Waals surface area contributed by atoms with Crippen molar-refractivity contribution >= 4 is 12.0 Å². The van der Waals surface area contributed by atoms with Gasteiger partial charge < -0.3 is 24.4 Å². The Kier molecular flexibility index (Phi) is 5.03. The standard InChI is InChI=1S/C15H25N3O5/c1-2-21-13(19)9-16-14(20)18-10-12(11-18)17-5-3-15(4-6-17)22-7-8-23-15/h12H,2-11H2,1H3,(H,16,20). The van der Waals surface area contributed by atoms with Crippen LogP contribution in [0.1, 0.15) is 19.8 Å². The molecule has 1 N–H and O–H groups in total. The molecule has 0 aromatic carbocycles. The molecule has 8 heteroatoms. The molecule has 0 aromatic rings. The third-order valence-corrected chi connectivity index (χ3v) is 4.73. The molecule has 8 nitrogen and oxygen atoms in total. The van der Waals surface area contributed by atoms with Gasteiger partial charge in [-0.1, -0.05) is 0 Å². The summed E-state index contributed by atoms with van der Waals surface area (Å²) in [5, 5.41) is 2.59. The van der Waals surface area contributed by atoms with Gasteiger partial charge in [0.25, 0.3) is 0 Å². The van der Waals surface area contributed by atoms with Gasteiger partial charge in [-0.05, 0) is 6.92 Å². The van der Waals surface area contributed by atoms with Gasteiger partial charge in [-0.15, -0.1) is 0 Å². The van der Waals surface area contributed by atoms with Crippen molar-refractivity contribution in [3.63, 3.8) is 0 Å². The van der Waals surface area contributed by atoms with Crippen LogP contribution in [0.15, 0.2) is 0 Å². The molecular formula is C15H25N3O5. The Morgan fingerprint density at radius 2 is 1.87 bits per heavy atom. The van der Waals surface area contributed by atoms with Gasteiger partial charge in [-0.2, -0.15) is 0 Å². The number of likely N-dealkylation sites (tertiary alicyclic amines) is 2. The van der Waals surface area contributed by atoms with E-state index < -0.39 is 5.97 Å². The lowest BCUT2D eigenvalue weighted by Crippen LogP contribution is -2.65. The van der Waals surface area contributed by atoms with Gasteiger partial charge in [0.2, 0.25) is 0 Å². The number of ether oxygens (including phenoxy) is 3. The Labute approximate surface area is 136 Å². The first-order valence-electron chi connectivity index (χ1n) is 8.32. The molecule has 1 spiro atoms. The van der Waals surface area contributed by atoms with E-state index in [0.717, 1.165) is 25.9 Å². The van der Waals surface area contributed by atoms with Crippen molar-refractivity contribution in [2.24, 2.45) is 0 Å². The van der Waals surface area contributed by atoms with Gasteiger partial charge in [0, 0.05) is 45.1 Å². The third-order valence-electron chi connectivity index (χ3n) is 4.73. The minimum Gasteiger partial charge on any atom is -0.465 e. The number of piperidine rings is 1. The number of nitrogens with zero attached hydrogens (tertiary/aromatic N) is 2. The molecule has 3 fully saturated rings. The van der Waals surface area contributed by atoms with Crippen LogP contribution >= 0.6 is 0 Å². The fourth-order valence-corrected chi connectivity index (χ4v) is 3.34. The number of carbonyl (C=O) groups excluding carboxylic acids is 2. The monoisotopic (exact) mass is 327 g/mol. The minimum atomic E-state index is -0.407. The average Bonchev–Trinajstić information content (AvgIpc) is 2.94. The van der Waals surface area contributed by atoms with E-state index in [0.29, 0.717) is 39.0 Å². The highest BCUT2D eigenvalue weighted by atomic mass is 16.7. The van der Waals surface area contributed by atoms with E-state index >= 15 is 0 Å². The lowest BCUT2D eigenvalue weighted by atomic mass is 9.99. The van der Waals surface area contributed by atoms with Crippen LogP contribution in [-0.2, 0) is 19.0 Å². The maximum absolute atomic E-state index is 11.9. The number of rotatable bonds is 4. The molecule has 0 atom stereocenters. The van der Waals surface area contributed by atoms with Gasteiger partial charge in [0.1, 0.15) is 6.54 Å². The second-order valence-corrected chi connectivity index (χ2v) is 6.17. The molecule has 3 aliphatic rings. The van der Waals surface area contributed by atoms with Crippen molar-refractivity contribution < 1.29 is 23.8 Å². The molecule has 2 amide bonds. The molecule has 0 saturated carbocycles. The average molecular weight is 327 g/mol. The zero-order valence-electron chi connectivity index (χ0n) is 13.6. The van der Waals surface area contributed by atoms with Crippen molar-refractivity contribution in [1.29, 1.82) is 0 Å². The number of carbonyl (C=O) groups is 2. The lowest BCUT2D eigenvalue weighted by molar-refractivity contribution is -0.190. The molecule has 3 heterocycles. The number of hydrogen-bond donors (Lipinski definition) is 1. The lowest BCUT2D eigenvalue weighted by Gasteiger charge is -2.48. The molecule has 130 valence electrons. The summed E-state index contributed by atoms with van der Waals surface area (Å²) in [5.41, 5.74) is 0. The Bertz CT molecular complexity index is 436. The summed E-state index contributed by atoms with van der Waals surface area (Å²) in [7, 11) is 0.